The van der Waals surface area contributed by atoms with Crippen molar-refractivity contribution in [3.8, 4) is 5.75 Å². The molecule has 0 bridgehead atoms. The van der Waals surface area contributed by atoms with E-state index in [1.54, 1.807) is 5.46 Å². The molecule has 8 rings (SSSR count). The van der Waals surface area contributed by atoms with Crippen molar-refractivity contribution in [1.82, 2.24) is 0 Å². The third-order valence-electron chi connectivity index (χ3n) is 11.4. The van der Waals surface area contributed by atoms with Gasteiger partial charge in [-0.25, -0.2) is 0 Å². The fourth-order valence-electron chi connectivity index (χ4n) is 8.45. The molecule has 0 atom stereocenters. The third-order valence-corrected chi connectivity index (χ3v) is 21.2. The second kappa shape index (κ2) is 22.1. The molecule has 0 aliphatic heterocycles. The maximum atomic E-state index is 11.0. The molecule has 295 valence electrons. The number of hydrogen-bond donors (Lipinski definition) is 0. The second-order valence-electron chi connectivity index (χ2n) is 15.4. The zero-order chi connectivity index (χ0) is 40.0. The molecule has 0 amide bonds. The maximum Gasteiger partial charge on any atom is 2.00 e. The fraction of sp³-hybridized carbons (Fsp3) is 0.0943. The summed E-state index contributed by atoms with van der Waals surface area (Å²) in [6, 6.07) is 89.5. The Morgan fingerprint density at radius 2 is 0.542 bits per heavy atom. The summed E-state index contributed by atoms with van der Waals surface area (Å²) >= 11 is 0. The Kier molecular flexibility index (Phi) is 16.5. The first-order valence-corrected chi connectivity index (χ1v) is 25.5. The molecular weight excluding hydrogens is 815 g/mol. The molecule has 0 saturated carbocycles. The van der Waals surface area contributed by atoms with E-state index in [0.717, 1.165) is 11.1 Å². The predicted molar refractivity (Wildman–Crippen MR) is 263 cm³/mol. The normalized spacial score (nSPS) is 11.1. The van der Waals surface area contributed by atoms with Gasteiger partial charge in [0.05, 0.1) is 31.8 Å². The fourth-order valence-corrected chi connectivity index (χ4v) is 19.2. The predicted octanol–water partition coefficient (Wildman–Crippen LogP) is 8.93. The van der Waals surface area contributed by atoms with Crippen LogP contribution < -0.4 is 42.4 Å². The monoisotopic (exact) mass is 868 g/mol. The average Bonchev–Trinajstić information content (AvgIpc) is 3.30. The van der Waals surface area contributed by atoms with Crippen molar-refractivity contribution in [1.29, 1.82) is 0 Å². The molecule has 1 nitrogen and oxygen atoms in total. The van der Waals surface area contributed by atoms with Crippen molar-refractivity contribution in [3.63, 3.8) is 0 Å². The summed E-state index contributed by atoms with van der Waals surface area (Å²) in [5.41, 5.74) is 3.20. The molecule has 0 aliphatic rings. The third kappa shape index (κ3) is 11.6. The Hall–Kier alpha value is -4.58. The molecule has 0 fully saturated rings. The van der Waals surface area contributed by atoms with Crippen molar-refractivity contribution in [3.05, 3.63) is 242 Å². The molecule has 8 aromatic carbocycles. The van der Waals surface area contributed by atoms with Crippen LogP contribution in [0.1, 0.15) is 11.1 Å². The molecule has 59 heavy (non-hydrogen) atoms. The van der Waals surface area contributed by atoms with Gasteiger partial charge in [0, 0.05) is 23.8 Å². The molecule has 0 aromatic heterocycles. The van der Waals surface area contributed by atoms with Crippen molar-refractivity contribution in [2.24, 2.45) is 0 Å². The molecule has 0 N–H and O–H groups in total. The summed E-state index contributed by atoms with van der Waals surface area (Å²) in [6.45, 7) is 3.66. The first kappa shape index (κ1) is 44.0. The minimum atomic E-state index is -1.16. The van der Waals surface area contributed by atoms with Gasteiger partial charge < -0.3 is 5.11 Å². The summed E-state index contributed by atoms with van der Waals surface area (Å²) in [5, 5.41) is 20.0. The molecule has 1 radical (unpaired) electrons. The van der Waals surface area contributed by atoms with E-state index in [1.165, 1.54) is 50.0 Å². The van der Waals surface area contributed by atoms with Gasteiger partial charge in [0.25, 0.3) is 0 Å². The maximum absolute atomic E-state index is 11.0. The summed E-state index contributed by atoms with van der Waals surface area (Å²) in [7, 11) is -3.48. The van der Waals surface area contributed by atoms with Crippen LogP contribution in [-0.2, 0) is 16.8 Å². The summed E-state index contributed by atoms with van der Waals surface area (Å²) in [6.07, 6.45) is -1.09. The van der Waals surface area contributed by atoms with Gasteiger partial charge in [-0.2, -0.15) is 5.46 Å². The zero-order valence-electron chi connectivity index (χ0n) is 33.9. The van der Waals surface area contributed by atoms with Crippen molar-refractivity contribution >= 4 is 67.2 Å². The molecule has 0 saturated heterocycles. The number of para-hydroxylation sites is 1. The van der Waals surface area contributed by atoms with Gasteiger partial charge in [0.1, 0.15) is 6.15 Å². The van der Waals surface area contributed by atoms with Gasteiger partial charge in [-0.3, -0.25) is 0 Å². The van der Waals surface area contributed by atoms with E-state index in [0.29, 0.717) is 0 Å². The van der Waals surface area contributed by atoms with Gasteiger partial charge >= 0.3 is 16.8 Å². The van der Waals surface area contributed by atoms with Crippen LogP contribution in [0.15, 0.2) is 231 Å². The van der Waals surface area contributed by atoms with Crippen molar-refractivity contribution < 1.29 is 21.9 Å². The second-order valence-corrected chi connectivity index (χ2v) is 22.9. The minimum absolute atomic E-state index is 0. The molecule has 0 aliphatic carbocycles. The number of rotatable bonds is 13. The average molecular weight is 869 g/mol. The largest absolute Gasteiger partial charge is 2.00 e. The van der Waals surface area contributed by atoms with E-state index in [-0.39, 0.29) is 22.5 Å². The van der Waals surface area contributed by atoms with E-state index < -0.39 is 29.9 Å². The molecular formula is C53H53BCoOP3+3. The Morgan fingerprint density at radius 1 is 0.322 bits per heavy atom. The quantitative estimate of drug-likeness (QED) is 0.0840. The smallest absolute Gasteiger partial charge is 0.872 e. The van der Waals surface area contributed by atoms with Gasteiger partial charge in [-0.15, -0.1) is 5.75 Å². The summed E-state index contributed by atoms with van der Waals surface area (Å²) < 4.78 is 0. The number of hydrogen-bond acceptors (Lipinski definition) is 1. The molecule has 0 heterocycles. The molecule has 6 heteroatoms. The number of benzene rings is 8. The van der Waals surface area contributed by atoms with Crippen LogP contribution in [-0.4, -0.2) is 24.3 Å². The summed E-state index contributed by atoms with van der Waals surface area (Å²) in [4.78, 5) is 0. The van der Waals surface area contributed by atoms with E-state index >= 15 is 0 Å². The SMILES string of the molecule is Cc1cccc(C)c1[O-].[Co+2].c1ccc([PH+](C[B-](C[PH+](c2ccccc2)c2ccccc2)(C[PH+](c2ccccc2)c2ccccc2)c2ccccc2)c2ccccc2)cc1. The molecule has 0 unspecified atom stereocenters. The zero-order valence-corrected chi connectivity index (χ0v) is 37.9. The van der Waals surface area contributed by atoms with Crippen molar-refractivity contribution in [2.45, 2.75) is 13.8 Å². The van der Waals surface area contributed by atoms with E-state index in [1.807, 2.05) is 32.0 Å². The van der Waals surface area contributed by atoms with Crippen LogP contribution in [0.25, 0.3) is 0 Å². The first-order valence-electron chi connectivity index (χ1n) is 20.4. The van der Waals surface area contributed by atoms with Crippen LogP contribution in [0.5, 0.6) is 5.75 Å². The van der Waals surface area contributed by atoms with Gasteiger partial charge in [0.15, 0.2) is 0 Å². The van der Waals surface area contributed by atoms with Gasteiger partial charge in [0.2, 0.25) is 0 Å². The van der Waals surface area contributed by atoms with Crippen LogP contribution in [0.4, 0.5) is 0 Å². The van der Waals surface area contributed by atoms with E-state index in [2.05, 4.69) is 212 Å². The summed E-state index contributed by atoms with van der Waals surface area (Å²) in [5.74, 6) is 0.164. The van der Waals surface area contributed by atoms with Crippen LogP contribution in [0, 0.1) is 13.8 Å². The van der Waals surface area contributed by atoms with Gasteiger partial charge in [-0.1, -0.05) is 169 Å². The molecule has 8 aromatic rings. The first-order chi connectivity index (χ1) is 28.5. The van der Waals surface area contributed by atoms with E-state index in [9.17, 15) is 5.11 Å². The topological polar surface area (TPSA) is 23.1 Å². The van der Waals surface area contributed by atoms with Crippen molar-refractivity contribution in [2.75, 3.05) is 18.2 Å². The van der Waals surface area contributed by atoms with Crippen LogP contribution in [0.3, 0.4) is 0 Å². The minimum Gasteiger partial charge on any atom is -0.872 e. The van der Waals surface area contributed by atoms with Crippen LogP contribution in [0.2, 0.25) is 0 Å². The Balaban J connectivity index is 0.000000519. The Morgan fingerprint density at radius 3 is 0.763 bits per heavy atom. The Bertz CT molecular complexity index is 2070. The van der Waals surface area contributed by atoms with Crippen LogP contribution >= 0.6 is 23.8 Å². The Labute approximate surface area is 366 Å². The molecule has 0 spiro atoms. The van der Waals surface area contributed by atoms with E-state index in [4.69, 9.17) is 0 Å². The van der Waals surface area contributed by atoms with Gasteiger partial charge in [-0.05, 0) is 105 Å². The standard InChI is InChI=1S/C45H41BP3.C8H10O.Co/c1-8-22-39(23-9-1)46(36-47(40-24-10-2-11-25-40)41-26-12-3-13-27-41,37-48(42-28-14-4-15-29-42)43-30-16-5-17-31-43)38-49(44-32-18-6-19-33-44)45-34-20-7-21-35-45;1-6-4-3-5-7(2)8(6)9;/h1-35H,36-38H2;3-5,9H,1-2H3;/q-1;;+2/p+2. The number of aryl methyl sites for hydroxylation is 2.